The summed E-state index contributed by atoms with van der Waals surface area (Å²) in [5.41, 5.74) is 1.23. The molecule has 1 fully saturated rings. The van der Waals surface area contributed by atoms with E-state index in [0.717, 1.165) is 24.3 Å². The topological polar surface area (TPSA) is 25.4 Å². The Labute approximate surface area is 111 Å². The Morgan fingerprint density at radius 1 is 1.59 bits per heavy atom. The van der Waals surface area contributed by atoms with Gasteiger partial charge < -0.3 is 9.64 Å². The first-order valence-corrected chi connectivity index (χ1v) is 7.26. The van der Waals surface area contributed by atoms with Gasteiger partial charge in [-0.2, -0.15) is 0 Å². The van der Waals surface area contributed by atoms with E-state index in [2.05, 4.69) is 31.9 Å². The third-order valence-electron chi connectivity index (χ3n) is 3.33. The first-order valence-electron chi connectivity index (χ1n) is 6.14. The lowest BCUT2D eigenvalue weighted by Crippen LogP contribution is -2.35. The summed E-state index contributed by atoms with van der Waals surface area (Å²) in [5, 5.41) is 1.10. The van der Waals surface area contributed by atoms with Gasteiger partial charge in [-0.05, 0) is 31.2 Å². The Kier molecular flexibility index (Phi) is 4.66. The van der Waals surface area contributed by atoms with Crippen molar-refractivity contribution in [2.45, 2.75) is 19.3 Å². The highest BCUT2D eigenvalue weighted by atomic mass is 79.9. The van der Waals surface area contributed by atoms with E-state index in [-0.39, 0.29) is 0 Å². The second-order valence-corrected chi connectivity index (χ2v) is 5.28. The minimum atomic E-state index is 0.699. The average Bonchev–Trinajstić information content (AvgIpc) is 2.40. The number of pyridine rings is 1. The molecule has 0 amide bonds. The van der Waals surface area contributed by atoms with Crippen LogP contribution in [0.15, 0.2) is 18.3 Å². The normalized spacial score (nSPS) is 20.4. The maximum Gasteiger partial charge on any atom is 0.214 e. The number of hydrogen-bond acceptors (Lipinski definition) is 3. The molecule has 2 rings (SSSR count). The zero-order valence-electron chi connectivity index (χ0n) is 10.2. The number of nitrogens with zero attached hydrogens (tertiary/aromatic N) is 2. The van der Waals surface area contributed by atoms with Crippen molar-refractivity contribution in [3.63, 3.8) is 0 Å². The number of hydrogen-bond donors (Lipinski definition) is 0. The standard InChI is InChI=1S/C13H19BrN2O/c1-17-13-9-12(5-7-15-13)16-8-2-3-11(10-16)4-6-14/h5,7,9,11H,2-4,6,8,10H2,1H3. The molecule has 2 heterocycles. The Hall–Kier alpha value is -0.770. The largest absolute Gasteiger partial charge is 0.481 e. The van der Waals surface area contributed by atoms with Gasteiger partial charge in [0.1, 0.15) is 0 Å². The Bertz CT molecular complexity index is 357. The molecule has 0 bridgehead atoms. The van der Waals surface area contributed by atoms with Crippen LogP contribution >= 0.6 is 15.9 Å². The fourth-order valence-corrected chi connectivity index (χ4v) is 3.04. The number of alkyl halides is 1. The van der Waals surface area contributed by atoms with Crippen molar-refractivity contribution in [2.75, 3.05) is 30.4 Å². The number of methoxy groups -OCH3 is 1. The average molecular weight is 299 g/mol. The predicted octanol–water partition coefficient (Wildman–Crippen LogP) is 3.09. The number of rotatable bonds is 4. The van der Waals surface area contributed by atoms with Gasteiger partial charge in [0.25, 0.3) is 0 Å². The van der Waals surface area contributed by atoms with Crippen LogP contribution in [0.4, 0.5) is 5.69 Å². The van der Waals surface area contributed by atoms with Crippen molar-refractivity contribution in [2.24, 2.45) is 5.92 Å². The van der Waals surface area contributed by atoms with Crippen LogP contribution in [-0.4, -0.2) is 30.5 Å². The van der Waals surface area contributed by atoms with Crippen molar-refractivity contribution < 1.29 is 4.74 Å². The lowest BCUT2D eigenvalue weighted by molar-refractivity contribution is 0.394. The number of anilines is 1. The molecule has 0 radical (unpaired) electrons. The van der Waals surface area contributed by atoms with Crippen molar-refractivity contribution >= 4 is 21.6 Å². The zero-order chi connectivity index (χ0) is 12.1. The molecule has 0 saturated carbocycles. The second kappa shape index (κ2) is 6.24. The van der Waals surface area contributed by atoms with Crippen molar-refractivity contribution in [3.05, 3.63) is 18.3 Å². The summed E-state index contributed by atoms with van der Waals surface area (Å²) >= 11 is 3.54. The number of halogens is 1. The molecule has 0 N–H and O–H groups in total. The fourth-order valence-electron chi connectivity index (χ4n) is 2.40. The summed E-state index contributed by atoms with van der Waals surface area (Å²) in [6.07, 6.45) is 5.72. The molecule has 1 aromatic rings. The van der Waals surface area contributed by atoms with E-state index in [9.17, 15) is 0 Å². The molecule has 4 heteroatoms. The fraction of sp³-hybridized carbons (Fsp3) is 0.615. The summed E-state index contributed by atoms with van der Waals surface area (Å²) in [5.74, 6) is 1.51. The van der Waals surface area contributed by atoms with Gasteiger partial charge in [-0.15, -0.1) is 0 Å². The minimum Gasteiger partial charge on any atom is -0.481 e. The Morgan fingerprint density at radius 2 is 2.47 bits per heavy atom. The third-order valence-corrected chi connectivity index (χ3v) is 3.79. The smallest absolute Gasteiger partial charge is 0.214 e. The van der Waals surface area contributed by atoms with Gasteiger partial charge in [0.2, 0.25) is 5.88 Å². The van der Waals surface area contributed by atoms with Crippen molar-refractivity contribution in [3.8, 4) is 5.88 Å². The third kappa shape index (κ3) is 3.35. The van der Waals surface area contributed by atoms with E-state index >= 15 is 0 Å². The first kappa shape index (κ1) is 12.7. The summed E-state index contributed by atoms with van der Waals surface area (Å²) < 4.78 is 5.17. The van der Waals surface area contributed by atoms with Gasteiger partial charge in [0, 0.05) is 36.4 Å². The van der Waals surface area contributed by atoms with E-state index < -0.39 is 0 Å². The first-order chi connectivity index (χ1) is 8.33. The summed E-state index contributed by atoms with van der Waals surface area (Å²) in [4.78, 5) is 6.60. The minimum absolute atomic E-state index is 0.699. The SMILES string of the molecule is COc1cc(N2CCCC(CCBr)C2)ccn1. The Morgan fingerprint density at radius 3 is 3.24 bits per heavy atom. The van der Waals surface area contributed by atoms with Crippen LogP contribution in [-0.2, 0) is 0 Å². The second-order valence-electron chi connectivity index (χ2n) is 4.49. The predicted molar refractivity (Wildman–Crippen MR) is 74.1 cm³/mol. The molecule has 94 valence electrons. The van der Waals surface area contributed by atoms with E-state index in [1.807, 2.05) is 12.3 Å². The van der Waals surface area contributed by atoms with Crippen LogP contribution < -0.4 is 9.64 Å². The molecule has 1 unspecified atom stereocenters. The van der Waals surface area contributed by atoms with Gasteiger partial charge in [0.15, 0.2) is 0 Å². The number of ether oxygens (including phenoxy) is 1. The maximum absolute atomic E-state index is 5.17. The van der Waals surface area contributed by atoms with E-state index in [0.29, 0.717) is 5.88 Å². The molecule has 17 heavy (non-hydrogen) atoms. The maximum atomic E-state index is 5.17. The lowest BCUT2D eigenvalue weighted by atomic mass is 9.95. The van der Waals surface area contributed by atoms with Crippen LogP contribution in [0.5, 0.6) is 5.88 Å². The molecule has 0 aliphatic carbocycles. The van der Waals surface area contributed by atoms with Gasteiger partial charge in [-0.25, -0.2) is 4.98 Å². The van der Waals surface area contributed by atoms with Gasteiger partial charge in [0.05, 0.1) is 7.11 Å². The highest BCUT2D eigenvalue weighted by Gasteiger charge is 2.19. The van der Waals surface area contributed by atoms with Crippen LogP contribution in [0.1, 0.15) is 19.3 Å². The molecular formula is C13H19BrN2O. The summed E-state index contributed by atoms with van der Waals surface area (Å²) in [6.45, 7) is 2.30. The van der Waals surface area contributed by atoms with E-state index in [4.69, 9.17) is 4.74 Å². The molecule has 1 aliphatic heterocycles. The van der Waals surface area contributed by atoms with Gasteiger partial charge in [-0.3, -0.25) is 0 Å². The van der Waals surface area contributed by atoms with E-state index in [1.54, 1.807) is 7.11 Å². The zero-order valence-corrected chi connectivity index (χ0v) is 11.8. The van der Waals surface area contributed by atoms with Crippen LogP contribution in [0.2, 0.25) is 0 Å². The molecule has 1 aliphatic rings. The summed E-state index contributed by atoms with van der Waals surface area (Å²) in [7, 11) is 1.66. The van der Waals surface area contributed by atoms with Gasteiger partial charge >= 0.3 is 0 Å². The molecule has 0 spiro atoms. The molecule has 3 nitrogen and oxygen atoms in total. The highest BCUT2D eigenvalue weighted by molar-refractivity contribution is 9.09. The van der Waals surface area contributed by atoms with Crippen LogP contribution in [0.25, 0.3) is 0 Å². The van der Waals surface area contributed by atoms with E-state index in [1.165, 1.54) is 24.9 Å². The monoisotopic (exact) mass is 298 g/mol. The molecule has 1 saturated heterocycles. The van der Waals surface area contributed by atoms with Gasteiger partial charge in [-0.1, -0.05) is 15.9 Å². The molecule has 1 atom stereocenters. The Balaban J connectivity index is 2.05. The highest BCUT2D eigenvalue weighted by Crippen LogP contribution is 2.26. The van der Waals surface area contributed by atoms with Crippen molar-refractivity contribution in [1.29, 1.82) is 0 Å². The molecule has 0 aromatic carbocycles. The van der Waals surface area contributed by atoms with Crippen molar-refractivity contribution in [1.82, 2.24) is 4.98 Å². The molecule has 1 aromatic heterocycles. The quantitative estimate of drug-likeness (QED) is 0.799. The van der Waals surface area contributed by atoms with Crippen LogP contribution in [0, 0.1) is 5.92 Å². The lowest BCUT2D eigenvalue weighted by Gasteiger charge is -2.34. The van der Waals surface area contributed by atoms with Crippen LogP contribution in [0.3, 0.4) is 0 Å². The molecular weight excluding hydrogens is 280 g/mol. The summed E-state index contributed by atoms with van der Waals surface area (Å²) in [6, 6.07) is 4.09. The number of piperidine rings is 1. The number of aromatic nitrogens is 1.